The molecule has 47 heavy (non-hydrogen) atoms. The van der Waals surface area contributed by atoms with Crippen LogP contribution in [0.2, 0.25) is 0 Å². The van der Waals surface area contributed by atoms with Crippen molar-refractivity contribution in [1.82, 2.24) is 34.9 Å². The normalized spacial score (nSPS) is 20.2. The fourth-order valence-corrected chi connectivity index (χ4v) is 7.79. The lowest BCUT2D eigenvalue weighted by Crippen LogP contribution is -2.45. The maximum atomic E-state index is 14.4. The Morgan fingerprint density at radius 1 is 1.02 bits per heavy atom. The van der Waals surface area contributed by atoms with Crippen molar-refractivity contribution < 1.29 is 13.9 Å². The van der Waals surface area contributed by atoms with E-state index in [1.165, 1.54) is 63.1 Å². The molecule has 11 nitrogen and oxygen atoms in total. The van der Waals surface area contributed by atoms with Crippen LogP contribution >= 0.6 is 0 Å². The van der Waals surface area contributed by atoms with Crippen LogP contribution in [0.5, 0.6) is 11.6 Å². The predicted octanol–water partition coefficient (Wildman–Crippen LogP) is 5.82. The summed E-state index contributed by atoms with van der Waals surface area (Å²) in [5, 5.41) is 11.8. The average molecular weight is 646 g/mol. The molecule has 3 aliphatic rings. The van der Waals surface area contributed by atoms with Crippen LogP contribution in [0.4, 0.5) is 16.2 Å². The number of rotatable bonds is 10. The van der Waals surface area contributed by atoms with Crippen molar-refractivity contribution in [2.24, 2.45) is 11.3 Å². The van der Waals surface area contributed by atoms with Crippen LogP contribution in [0.3, 0.4) is 0 Å². The molecule has 252 valence electrons. The van der Waals surface area contributed by atoms with Gasteiger partial charge in [-0.05, 0) is 121 Å². The molecule has 1 N–H and O–H groups in total. The third-order valence-corrected chi connectivity index (χ3v) is 10.3. The predicted molar refractivity (Wildman–Crippen MR) is 179 cm³/mol. The van der Waals surface area contributed by atoms with E-state index < -0.39 is 5.82 Å². The standard InChI is InChI=1S/C35H48FN9O2/c1-24(2)45(25(3)4)33(46)29-20-27(36)6-7-30(29)47-32-31(39-23-40-42-32)44-17-10-26(22-44)21-43-18-13-35(14-19-43)11-8-28(9-12-35)41-34-37-15-5-16-38-34/h5-7,15-16,20,23-26,28H,8-14,17-19,21-22H2,1-4H3,(H,37,38,41)/t26-/m0/s1. The fourth-order valence-electron chi connectivity index (χ4n) is 7.79. The van der Waals surface area contributed by atoms with Gasteiger partial charge in [-0.2, -0.15) is 0 Å². The van der Waals surface area contributed by atoms with Crippen molar-refractivity contribution in [2.45, 2.75) is 90.8 Å². The van der Waals surface area contributed by atoms with E-state index in [2.05, 4.69) is 40.3 Å². The number of hydrogen-bond donors (Lipinski definition) is 1. The molecule has 1 aromatic carbocycles. The first-order valence-corrected chi connectivity index (χ1v) is 17.2. The van der Waals surface area contributed by atoms with Gasteiger partial charge in [-0.3, -0.25) is 4.79 Å². The summed E-state index contributed by atoms with van der Waals surface area (Å²) >= 11 is 0. The quantitative estimate of drug-likeness (QED) is 0.290. The highest BCUT2D eigenvalue weighted by Gasteiger charge is 2.39. The number of ether oxygens (including phenoxy) is 1. The third kappa shape index (κ3) is 7.80. The van der Waals surface area contributed by atoms with E-state index in [0.29, 0.717) is 23.2 Å². The molecule has 0 bridgehead atoms. The first kappa shape index (κ1) is 33.0. The summed E-state index contributed by atoms with van der Waals surface area (Å²) in [7, 11) is 0. The largest absolute Gasteiger partial charge is 0.434 e. The summed E-state index contributed by atoms with van der Waals surface area (Å²) in [5.41, 5.74) is 0.621. The molecule has 4 heterocycles. The Kier molecular flexibility index (Phi) is 10.1. The van der Waals surface area contributed by atoms with Crippen LogP contribution in [-0.4, -0.2) is 91.7 Å². The Labute approximate surface area is 277 Å². The molecule has 2 aromatic heterocycles. The van der Waals surface area contributed by atoms with Crippen molar-refractivity contribution >= 4 is 17.7 Å². The van der Waals surface area contributed by atoms with Gasteiger partial charge in [0.05, 0.1) is 5.56 Å². The van der Waals surface area contributed by atoms with Crippen LogP contribution in [0.25, 0.3) is 0 Å². The van der Waals surface area contributed by atoms with Gasteiger partial charge in [0.2, 0.25) is 5.95 Å². The maximum Gasteiger partial charge on any atom is 0.282 e. The summed E-state index contributed by atoms with van der Waals surface area (Å²) in [6.45, 7) is 12.8. The first-order chi connectivity index (χ1) is 22.7. The summed E-state index contributed by atoms with van der Waals surface area (Å²) in [5.74, 6) is 1.50. The number of piperidine rings is 1. The van der Waals surface area contributed by atoms with E-state index in [4.69, 9.17) is 4.74 Å². The lowest BCUT2D eigenvalue weighted by atomic mass is 9.67. The zero-order chi connectivity index (χ0) is 33.0. The molecular formula is C35H48FN9O2. The molecule has 3 aromatic rings. The van der Waals surface area contributed by atoms with Crippen LogP contribution in [0.1, 0.15) is 83.0 Å². The molecule has 1 amide bonds. The van der Waals surface area contributed by atoms with Gasteiger partial charge >= 0.3 is 0 Å². The minimum absolute atomic E-state index is 0.0629. The maximum absolute atomic E-state index is 14.4. The van der Waals surface area contributed by atoms with Crippen molar-refractivity contribution in [3.63, 3.8) is 0 Å². The smallest absolute Gasteiger partial charge is 0.282 e. The molecular weight excluding hydrogens is 597 g/mol. The number of aromatic nitrogens is 5. The van der Waals surface area contributed by atoms with Crippen molar-refractivity contribution in [1.29, 1.82) is 0 Å². The van der Waals surface area contributed by atoms with E-state index in [1.807, 2.05) is 33.8 Å². The summed E-state index contributed by atoms with van der Waals surface area (Å²) in [6, 6.07) is 6.19. The first-order valence-electron chi connectivity index (χ1n) is 17.2. The van der Waals surface area contributed by atoms with E-state index in [0.717, 1.165) is 45.1 Å². The van der Waals surface area contributed by atoms with Gasteiger partial charge in [0, 0.05) is 50.2 Å². The van der Waals surface area contributed by atoms with Crippen molar-refractivity contribution in [3.8, 4) is 11.6 Å². The second-order valence-electron chi connectivity index (χ2n) is 14.1. The summed E-state index contributed by atoms with van der Waals surface area (Å²) < 4.78 is 20.6. The minimum atomic E-state index is -0.500. The number of carbonyl (C=O) groups excluding carboxylic acids is 1. The topological polar surface area (TPSA) is 112 Å². The average Bonchev–Trinajstić information content (AvgIpc) is 3.53. The molecule has 1 aliphatic carbocycles. The fraction of sp³-hybridized carbons (Fsp3) is 0.600. The number of hydrogen-bond acceptors (Lipinski definition) is 10. The molecule has 0 unspecified atom stereocenters. The second kappa shape index (κ2) is 14.5. The number of benzene rings is 1. The van der Waals surface area contributed by atoms with Crippen molar-refractivity contribution in [2.75, 3.05) is 42.9 Å². The molecule has 6 rings (SSSR count). The Balaban J connectivity index is 1.04. The highest BCUT2D eigenvalue weighted by molar-refractivity contribution is 5.97. The molecule has 1 atom stereocenters. The van der Waals surface area contributed by atoms with Gasteiger partial charge in [0.1, 0.15) is 17.9 Å². The van der Waals surface area contributed by atoms with E-state index in [-0.39, 0.29) is 35.2 Å². The molecule has 2 saturated heterocycles. The molecule has 3 fully saturated rings. The van der Waals surface area contributed by atoms with Gasteiger partial charge in [0.25, 0.3) is 11.8 Å². The second-order valence-corrected chi connectivity index (χ2v) is 14.1. The van der Waals surface area contributed by atoms with Gasteiger partial charge in [0.15, 0.2) is 5.82 Å². The molecule has 0 radical (unpaired) electrons. The van der Waals surface area contributed by atoms with E-state index >= 15 is 0 Å². The van der Waals surface area contributed by atoms with E-state index in [1.54, 1.807) is 17.3 Å². The Morgan fingerprint density at radius 3 is 2.45 bits per heavy atom. The molecule has 1 spiro atoms. The van der Waals surface area contributed by atoms with Crippen molar-refractivity contribution in [3.05, 3.63) is 54.4 Å². The minimum Gasteiger partial charge on any atom is -0.434 e. The molecule has 1 saturated carbocycles. The zero-order valence-electron chi connectivity index (χ0n) is 28.1. The Hall–Kier alpha value is -3.93. The summed E-state index contributed by atoms with van der Waals surface area (Å²) in [6.07, 6.45) is 13.5. The number of anilines is 2. The van der Waals surface area contributed by atoms with E-state index in [9.17, 15) is 9.18 Å². The lowest BCUT2D eigenvalue weighted by molar-refractivity contribution is 0.0583. The zero-order valence-corrected chi connectivity index (χ0v) is 28.1. The monoisotopic (exact) mass is 645 g/mol. The van der Waals surface area contributed by atoms with Crippen LogP contribution in [0.15, 0.2) is 43.0 Å². The third-order valence-electron chi connectivity index (χ3n) is 10.3. The number of halogens is 1. The van der Waals surface area contributed by atoms with Gasteiger partial charge in [-0.15, -0.1) is 10.2 Å². The highest BCUT2D eigenvalue weighted by atomic mass is 19.1. The number of likely N-dealkylation sites (tertiary alicyclic amines) is 1. The van der Waals surface area contributed by atoms with Gasteiger partial charge in [-0.25, -0.2) is 19.3 Å². The number of nitrogens with zero attached hydrogens (tertiary/aromatic N) is 8. The molecule has 2 aliphatic heterocycles. The Morgan fingerprint density at radius 2 is 1.74 bits per heavy atom. The number of amides is 1. The SMILES string of the molecule is CC(C)N(C(=O)c1cc(F)ccc1Oc1nncnc1N1CC[C@@H](CN2CCC3(CCC(Nc4ncccn4)CC3)CC2)C1)C(C)C. The molecule has 12 heteroatoms. The lowest BCUT2D eigenvalue weighted by Gasteiger charge is -2.46. The highest BCUT2D eigenvalue weighted by Crippen LogP contribution is 2.45. The van der Waals surface area contributed by atoms with Gasteiger partial charge in [-0.1, -0.05) is 0 Å². The summed E-state index contributed by atoms with van der Waals surface area (Å²) in [4.78, 5) is 33.3. The number of nitrogens with one attached hydrogen (secondary N) is 1. The van der Waals surface area contributed by atoms with Gasteiger partial charge < -0.3 is 24.8 Å². The van der Waals surface area contributed by atoms with Crippen LogP contribution < -0.4 is 15.0 Å². The van der Waals surface area contributed by atoms with Crippen LogP contribution in [0, 0.1) is 17.2 Å². The Bertz CT molecular complexity index is 1480. The number of carbonyl (C=O) groups is 1. The van der Waals surface area contributed by atoms with Crippen LogP contribution in [-0.2, 0) is 0 Å².